The van der Waals surface area contributed by atoms with E-state index in [0.717, 1.165) is 5.56 Å². The number of carbonyl (C=O) groups is 1. The number of ether oxygens (including phenoxy) is 1. The highest BCUT2D eigenvalue weighted by Gasteiger charge is 2.28. The molecule has 0 spiro atoms. The number of benzene rings is 1. The Balaban J connectivity index is 2.64. The molecule has 0 radical (unpaired) electrons. The molecule has 0 bridgehead atoms. The summed E-state index contributed by atoms with van der Waals surface area (Å²) in [6.07, 6.45) is -0.538. The van der Waals surface area contributed by atoms with Crippen LogP contribution in [0.2, 0.25) is 0 Å². The maximum Gasteiger partial charge on any atom is 0.530 e. The highest BCUT2D eigenvalue weighted by Crippen LogP contribution is 2.49. The van der Waals surface area contributed by atoms with Crippen LogP contribution in [0.1, 0.15) is 5.56 Å². The van der Waals surface area contributed by atoms with Crippen LogP contribution in [-0.4, -0.2) is 53.7 Å². The number of amides is 1. The van der Waals surface area contributed by atoms with Crippen molar-refractivity contribution in [2.45, 2.75) is 6.61 Å². The number of hydrogen-bond acceptors (Lipinski definition) is 8. The van der Waals surface area contributed by atoms with Gasteiger partial charge in [0.05, 0.1) is 26.4 Å². The quantitative estimate of drug-likeness (QED) is 0.310. The number of phosphoric acid groups is 1. The fraction of sp³-hybridized carbons (Fsp3) is 0.417. The van der Waals surface area contributed by atoms with E-state index in [1.165, 1.54) is 28.2 Å². The van der Waals surface area contributed by atoms with Gasteiger partial charge in [-0.25, -0.2) is 9.36 Å². The maximum absolute atomic E-state index is 12.4. The molecule has 0 aliphatic carbocycles. The zero-order valence-corrected chi connectivity index (χ0v) is 14.5. The zero-order valence-electron chi connectivity index (χ0n) is 13.6. The molecule has 0 saturated carbocycles. The van der Waals surface area contributed by atoms with E-state index >= 15 is 0 Å². The molecule has 0 heterocycles. The first-order valence-electron chi connectivity index (χ1n) is 7.15. The van der Waals surface area contributed by atoms with Crippen LogP contribution in [-0.2, 0) is 29.6 Å². The van der Waals surface area contributed by atoms with E-state index in [1.807, 2.05) is 0 Å². The van der Waals surface area contributed by atoms with Crippen LogP contribution in [0.25, 0.3) is 0 Å². The largest absolute Gasteiger partial charge is 0.530 e. The minimum Gasteiger partial charge on any atom is -0.446 e. The van der Waals surface area contributed by atoms with E-state index in [1.54, 1.807) is 12.1 Å². The molecule has 1 unspecified atom stereocenters. The molecule has 1 rings (SSSR count). The minimum atomic E-state index is -3.87. The third-order valence-corrected chi connectivity index (χ3v) is 4.02. The number of nitrogens with one attached hydrogen (secondary N) is 1. The second-order valence-corrected chi connectivity index (χ2v) is 5.98. The topological polar surface area (TPSA) is 113 Å². The van der Waals surface area contributed by atoms with Crippen molar-refractivity contribution in [2.24, 2.45) is 0 Å². The highest BCUT2D eigenvalue weighted by molar-refractivity contribution is 7.48. The van der Waals surface area contributed by atoms with Crippen molar-refractivity contribution in [1.29, 1.82) is 0 Å². The SMILES string of the molecule is BNC(=O)OCc1ccc(OP(=O)(OCCO)OCCOB)cc1. The highest BCUT2D eigenvalue weighted by atomic mass is 31.2. The van der Waals surface area contributed by atoms with Crippen LogP contribution in [0.15, 0.2) is 24.3 Å². The van der Waals surface area contributed by atoms with Gasteiger partial charge in [-0.15, -0.1) is 0 Å². The lowest BCUT2D eigenvalue weighted by Gasteiger charge is -2.18. The van der Waals surface area contributed by atoms with Gasteiger partial charge in [0, 0.05) is 0 Å². The van der Waals surface area contributed by atoms with Crippen molar-refractivity contribution >= 4 is 29.9 Å². The van der Waals surface area contributed by atoms with Crippen LogP contribution in [0.4, 0.5) is 4.79 Å². The van der Waals surface area contributed by atoms with Crippen molar-refractivity contribution in [3.8, 4) is 5.75 Å². The van der Waals surface area contributed by atoms with Crippen LogP contribution in [0.3, 0.4) is 0 Å². The second-order valence-electron chi connectivity index (χ2n) is 4.39. The molecule has 0 saturated heterocycles. The molecule has 24 heavy (non-hydrogen) atoms. The standard InChI is InChI=1S/C12H20B2NO8P/c13-15-12(17)19-9-10-1-3-11(4-2-10)23-24(18,21-6-5-16)22-8-7-20-14/h1-4,16H,5-9,13-14H2,(H,15,17). The monoisotopic (exact) mass is 359 g/mol. The molecule has 9 nitrogen and oxygen atoms in total. The first kappa shape index (κ1) is 20.5. The average molecular weight is 359 g/mol. The Morgan fingerprint density at radius 2 is 1.83 bits per heavy atom. The summed E-state index contributed by atoms with van der Waals surface area (Å²) in [6, 6.07) is 6.36. The zero-order chi connectivity index (χ0) is 17.8. The molecule has 0 aliphatic rings. The Hall–Kier alpha value is -1.51. The molecule has 12 heteroatoms. The van der Waals surface area contributed by atoms with Crippen molar-refractivity contribution in [2.75, 3.05) is 26.4 Å². The predicted molar refractivity (Wildman–Crippen MR) is 90.0 cm³/mol. The lowest BCUT2D eigenvalue weighted by molar-refractivity contribution is 0.116. The fourth-order valence-electron chi connectivity index (χ4n) is 1.47. The van der Waals surface area contributed by atoms with Crippen molar-refractivity contribution in [3.05, 3.63) is 29.8 Å². The number of phosphoric ester groups is 1. The normalized spacial score (nSPS) is 13.0. The summed E-state index contributed by atoms with van der Waals surface area (Å²) in [7, 11) is -0.933. The Kier molecular flexibility index (Phi) is 9.51. The van der Waals surface area contributed by atoms with Gasteiger partial charge in [0.25, 0.3) is 8.05 Å². The first-order chi connectivity index (χ1) is 11.5. The molecule has 0 aromatic heterocycles. The first-order valence-corrected chi connectivity index (χ1v) is 8.61. The van der Waals surface area contributed by atoms with Crippen molar-refractivity contribution < 1.29 is 37.4 Å². The molecule has 2 N–H and O–H groups in total. The summed E-state index contributed by atoms with van der Waals surface area (Å²) in [6.45, 7) is -0.203. The van der Waals surface area contributed by atoms with E-state index < -0.39 is 13.9 Å². The molecule has 0 fully saturated rings. The van der Waals surface area contributed by atoms with Gasteiger partial charge >= 0.3 is 13.9 Å². The number of aliphatic hydroxyl groups excluding tert-OH is 1. The summed E-state index contributed by atoms with van der Waals surface area (Å²) in [5, 5.41) is 11.1. The van der Waals surface area contributed by atoms with Gasteiger partial charge in [-0.1, -0.05) is 12.1 Å². The molecule has 1 atom stereocenters. The van der Waals surface area contributed by atoms with Gasteiger partial charge < -0.3 is 24.2 Å². The van der Waals surface area contributed by atoms with E-state index in [-0.39, 0.29) is 38.8 Å². The summed E-state index contributed by atoms with van der Waals surface area (Å²) in [5.74, 6) is 0.248. The molecule has 1 amide bonds. The maximum atomic E-state index is 12.4. The molecular weight excluding hydrogens is 339 g/mol. The van der Waals surface area contributed by atoms with E-state index in [2.05, 4.69) is 5.23 Å². The Morgan fingerprint density at radius 1 is 1.17 bits per heavy atom. The van der Waals surface area contributed by atoms with E-state index in [9.17, 15) is 9.36 Å². The van der Waals surface area contributed by atoms with Crippen molar-refractivity contribution in [1.82, 2.24) is 5.23 Å². The lowest BCUT2D eigenvalue weighted by atomic mass is 10.2. The Bertz CT molecular complexity index is 544. The summed E-state index contributed by atoms with van der Waals surface area (Å²) >= 11 is 0. The van der Waals surface area contributed by atoms with Crippen LogP contribution in [0.5, 0.6) is 5.75 Å². The van der Waals surface area contributed by atoms with Gasteiger partial charge in [-0.2, -0.15) is 0 Å². The van der Waals surface area contributed by atoms with Crippen LogP contribution in [0, 0.1) is 0 Å². The fourth-order valence-corrected chi connectivity index (χ4v) is 2.63. The Labute approximate surface area is 142 Å². The number of hydrogen-bond donors (Lipinski definition) is 2. The van der Waals surface area contributed by atoms with E-state index in [4.69, 9.17) is 28.1 Å². The second kappa shape index (κ2) is 11.1. The number of carbonyl (C=O) groups excluding carboxylic acids is 1. The predicted octanol–water partition coefficient (Wildman–Crippen LogP) is -0.462. The minimum absolute atomic E-state index is 0.0112. The van der Waals surface area contributed by atoms with Gasteiger partial charge in [0.15, 0.2) is 0 Å². The summed E-state index contributed by atoms with van der Waals surface area (Å²) in [4.78, 5) is 11.0. The summed E-state index contributed by atoms with van der Waals surface area (Å²) < 4.78 is 37.5. The Morgan fingerprint density at radius 3 is 2.42 bits per heavy atom. The molecule has 1 aromatic rings. The molecule has 132 valence electrons. The number of rotatable bonds is 11. The third kappa shape index (κ3) is 7.85. The van der Waals surface area contributed by atoms with Gasteiger partial charge in [0.2, 0.25) is 7.98 Å². The summed E-state index contributed by atoms with van der Waals surface area (Å²) in [5.41, 5.74) is 0.720. The molecule has 0 aliphatic heterocycles. The van der Waals surface area contributed by atoms with Gasteiger partial charge in [0.1, 0.15) is 12.4 Å². The average Bonchev–Trinajstić information content (AvgIpc) is 2.59. The molecule has 1 aromatic carbocycles. The lowest BCUT2D eigenvalue weighted by Crippen LogP contribution is -2.20. The molecular formula is C12H20B2NO8P. The number of aliphatic hydroxyl groups is 1. The smallest absolute Gasteiger partial charge is 0.446 e. The van der Waals surface area contributed by atoms with Crippen LogP contribution >= 0.6 is 7.82 Å². The van der Waals surface area contributed by atoms with E-state index in [0.29, 0.717) is 0 Å². The van der Waals surface area contributed by atoms with Crippen molar-refractivity contribution in [3.63, 3.8) is 0 Å². The van der Waals surface area contributed by atoms with Gasteiger partial charge in [-0.3, -0.25) is 9.05 Å². The van der Waals surface area contributed by atoms with Gasteiger partial charge in [-0.05, 0) is 17.7 Å². The third-order valence-electron chi connectivity index (χ3n) is 2.59. The van der Waals surface area contributed by atoms with Crippen LogP contribution < -0.4 is 9.75 Å².